The van der Waals surface area contributed by atoms with Crippen LogP contribution in [0, 0.1) is 6.92 Å². The van der Waals surface area contributed by atoms with E-state index >= 15 is 0 Å². The molecule has 7 heteroatoms. The van der Waals surface area contributed by atoms with Crippen LogP contribution in [0.3, 0.4) is 0 Å². The molecule has 0 aromatic carbocycles. The van der Waals surface area contributed by atoms with Crippen LogP contribution in [0.4, 0.5) is 5.82 Å². The monoisotopic (exact) mass is 399 g/mol. The van der Waals surface area contributed by atoms with Gasteiger partial charge in [0.2, 0.25) is 5.91 Å². The van der Waals surface area contributed by atoms with E-state index in [2.05, 4.69) is 15.3 Å². The molecule has 0 bridgehead atoms. The molecule has 0 fully saturated rings. The van der Waals surface area contributed by atoms with Gasteiger partial charge in [0.15, 0.2) is 0 Å². The summed E-state index contributed by atoms with van der Waals surface area (Å²) in [4.78, 5) is 37.2. The molecule has 7 nitrogen and oxygen atoms in total. The van der Waals surface area contributed by atoms with E-state index in [-0.39, 0.29) is 17.4 Å². The number of carbonyl (C=O) groups excluding carboxylic acids is 1. The van der Waals surface area contributed by atoms with Gasteiger partial charge in [-0.2, -0.15) is 0 Å². The molecular weight excluding hydrogens is 378 g/mol. The van der Waals surface area contributed by atoms with Gasteiger partial charge in [0, 0.05) is 42.8 Å². The zero-order valence-electron chi connectivity index (χ0n) is 16.8. The Morgan fingerprint density at radius 2 is 2.13 bits per heavy atom. The molecule has 1 amide bonds. The van der Waals surface area contributed by atoms with Crippen molar-refractivity contribution in [2.45, 2.75) is 25.7 Å². The highest BCUT2D eigenvalue weighted by Crippen LogP contribution is 2.33. The number of amides is 1. The number of hydrogen-bond acceptors (Lipinski definition) is 4. The molecule has 4 aromatic heterocycles. The van der Waals surface area contributed by atoms with Crippen LogP contribution in [0.2, 0.25) is 0 Å². The molecule has 1 unspecified atom stereocenters. The number of H-pyrrole nitrogens is 1. The van der Waals surface area contributed by atoms with Gasteiger partial charge in [-0.1, -0.05) is 6.07 Å². The van der Waals surface area contributed by atoms with Crippen LogP contribution >= 0.6 is 0 Å². The van der Waals surface area contributed by atoms with Gasteiger partial charge in [0.25, 0.3) is 5.56 Å². The number of rotatable bonds is 3. The lowest BCUT2D eigenvalue weighted by molar-refractivity contribution is -0.117. The van der Waals surface area contributed by atoms with E-state index in [1.165, 1.54) is 5.56 Å². The molecule has 0 saturated heterocycles. The van der Waals surface area contributed by atoms with E-state index in [0.717, 1.165) is 40.6 Å². The van der Waals surface area contributed by atoms with Gasteiger partial charge in [-0.15, -0.1) is 0 Å². The van der Waals surface area contributed by atoms with Gasteiger partial charge in [0.05, 0.1) is 11.6 Å². The highest BCUT2D eigenvalue weighted by atomic mass is 16.2. The van der Waals surface area contributed by atoms with Crippen LogP contribution in [0.25, 0.3) is 22.2 Å². The maximum absolute atomic E-state index is 13.0. The van der Waals surface area contributed by atoms with Gasteiger partial charge in [-0.05, 0) is 54.7 Å². The van der Waals surface area contributed by atoms with Crippen LogP contribution < -0.4 is 10.9 Å². The average Bonchev–Trinajstić information content (AvgIpc) is 3.40. The number of aromatic nitrogens is 4. The highest BCUT2D eigenvalue weighted by molar-refractivity contribution is 5.97. The molecule has 1 aliphatic rings. The standard InChI is InChI=1S/C23H21N5O2/c1-13-3-6-19(27-22(29)16-5-4-14-7-9-24-11-17(14)16)26-20(13)18-12-28(2)23(30)21-15(18)8-10-25-21/h3,6-12,16,25H,4-5H2,1-2H3,(H,26,27,29). The number of aryl methyl sites for hydroxylation is 3. The van der Waals surface area contributed by atoms with Crippen molar-refractivity contribution in [2.24, 2.45) is 7.05 Å². The lowest BCUT2D eigenvalue weighted by Gasteiger charge is -2.14. The van der Waals surface area contributed by atoms with Crippen LogP contribution in [-0.2, 0) is 18.3 Å². The summed E-state index contributed by atoms with van der Waals surface area (Å²) < 4.78 is 1.54. The number of pyridine rings is 3. The Morgan fingerprint density at radius 1 is 1.27 bits per heavy atom. The van der Waals surface area contributed by atoms with Crippen molar-refractivity contribution < 1.29 is 4.79 Å². The third-order valence-corrected chi connectivity index (χ3v) is 5.84. The summed E-state index contributed by atoms with van der Waals surface area (Å²) in [5.74, 6) is 0.209. The number of fused-ring (bicyclic) bond motifs is 2. The molecular formula is C23H21N5O2. The third-order valence-electron chi connectivity index (χ3n) is 5.84. The Kier molecular flexibility index (Phi) is 4.24. The predicted molar refractivity (Wildman–Crippen MR) is 115 cm³/mol. The Balaban J connectivity index is 1.51. The molecule has 0 radical (unpaired) electrons. The summed E-state index contributed by atoms with van der Waals surface area (Å²) in [5.41, 5.74) is 5.18. The van der Waals surface area contributed by atoms with Gasteiger partial charge in [0.1, 0.15) is 11.3 Å². The number of nitrogens with one attached hydrogen (secondary N) is 2. The Labute approximate surface area is 172 Å². The fraction of sp³-hybridized carbons (Fsp3) is 0.217. The Bertz CT molecular complexity index is 1350. The molecule has 0 spiro atoms. The van der Waals surface area contributed by atoms with E-state index in [1.807, 2.05) is 31.2 Å². The van der Waals surface area contributed by atoms with E-state index in [0.29, 0.717) is 11.3 Å². The van der Waals surface area contributed by atoms with E-state index in [1.54, 1.807) is 36.4 Å². The average molecular weight is 399 g/mol. The fourth-order valence-corrected chi connectivity index (χ4v) is 4.25. The molecule has 0 saturated carbocycles. The van der Waals surface area contributed by atoms with Gasteiger partial charge in [-0.25, -0.2) is 4.98 Å². The van der Waals surface area contributed by atoms with Gasteiger partial charge >= 0.3 is 0 Å². The Hall–Kier alpha value is -3.74. The molecule has 5 rings (SSSR count). The minimum Gasteiger partial charge on any atom is -0.357 e. The molecule has 1 aliphatic carbocycles. The molecule has 4 heterocycles. The first kappa shape index (κ1) is 18.3. The predicted octanol–water partition coefficient (Wildman–Crippen LogP) is 3.30. The van der Waals surface area contributed by atoms with E-state index < -0.39 is 0 Å². The highest BCUT2D eigenvalue weighted by Gasteiger charge is 2.29. The molecule has 150 valence electrons. The number of anilines is 1. The molecule has 4 aromatic rings. The summed E-state index contributed by atoms with van der Waals surface area (Å²) in [6.07, 6.45) is 8.75. The van der Waals surface area contributed by atoms with Crippen molar-refractivity contribution in [3.8, 4) is 11.3 Å². The number of aromatic amines is 1. The minimum atomic E-state index is -0.214. The van der Waals surface area contributed by atoms with Gasteiger partial charge < -0.3 is 14.9 Å². The lowest BCUT2D eigenvalue weighted by Crippen LogP contribution is -2.20. The first-order valence-corrected chi connectivity index (χ1v) is 9.91. The maximum atomic E-state index is 13.0. The minimum absolute atomic E-state index is 0.0729. The van der Waals surface area contributed by atoms with Gasteiger partial charge in [-0.3, -0.25) is 14.6 Å². The van der Waals surface area contributed by atoms with Crippen LogP contribution in [0.1, 0.15) is 29.0 Å². The zero-order valence-corrected chi connectivity index (χ0v) is 16.8. The molecule has 2 N–H and O–H groups in total. The maximum Gasteiger partial charge on any atom is 0.274 e. The SMILES string of the molecule is Cc1ccc(NC(=O)C2CCc3ccncc32)nc1-c1cn(C)c(=O)c2[nH]ccc12. The van der Waals surface area contributed by atoms with E-state index in [4.69, 9.17) is 4.98 Å². The van der Waals surface area contributed by atoms with Crippen molar-refractivity contribution >= 4 is 22.6 Å². The van der Waals surface area contributed by atoms with Crippen molar-refractivity contribution in [3.63, 3.8) is 0 Å². The van der Waals surface area contributed by atoms with Crippen molar-refractivity contribution in [2.75, 3.05) is 5.32 Å². The van der Waals surface area contributed by atoms with Crippen molar-refractivity contribution in [1.82, 2.24) is 19.5 Å². The summed E-state index contributed by atoms with van der Waals surface area (Å²) >= 11 is 0. The molecule has 1 atom stereocenters. The second kappa shape index (κ2) is 6.95. The summed E-state index contributed by atoms with van der Waals surface area (Å²) in [6, 6.07) is 7.60. The summed E-state index contributed by atoms with van der Waals surface area (Å²) in [5, 5.41) is 3.79. The second-order valence-corrected chi connectivity index (χ2v) is 7.74. The number of carbonyl (C=O) groups is 1. The normalized spacial score (nSPS) is 15.3. The third kappa shape index (κ3) is 2.90. The quantitative estimate of drug-likeness (QED) is 0.553. The van der Waals surface area contributed by atoms with Crippen molar-refractivity contribution in [3.05, 3.63) is 76.1 Å². The topological polar surface area (TPSA) is 92.7 Å². The largest absolute Gasteiger partial charge is 0.357 e. The Morgan fingerprint density at radius 3 is 3.00 bits per heavy atom. The lowest BCUT2D eigenvalue weighted by atomic mass is 10.0. The summed E-state index contributed by atoms with van der Waals surface area (Å²) in [6.45, 7) is 1.97. The smallest absolute Gasteiger partial charge is 0.274 e. The molecule has 0 aliphatic heterocycles. The molecule has 30 heavy (non-hydrogen) atoms. The number of hydrogen-bond donors (Lipinski definition) is 2. The van der Waals surface area contributed by atoms with Crippen LogP contribution in [-0.4, -0.2) is 25.4 Å². The van der Waals surface area contributed by atoms with Crippen molar-refractivity contribution in [1.29, 1.82) is 0 Å². The summed E-state index contributed by atoms with van der Waals surface area (Å²) in [7, 11) is 1.72. The van der Waals surface area contributed by atoms with E-state index in [9.17, 15) is 9.59 Å². The fourth-order valence-electron chi connectivity index (χ4n) is 4.25. The first-order chi connectivity index (χ1) is 14.5. The van der Waals surface area contributed by atoms with Crippen LogP contribution in [0.15, 0.2) is 53.8 Å². The first-order valence-electron chi connectivity index (χ1n) is 9.91. The number of nitrogens with zero attached hydrogens (tertiary/aromatic N) is 3. The second-order valence-electron chi connectivity index (χ2n) is 7.74. The zero-order chi connectivity index (χ0) is 20.8. The van der Waals surface area contributed by atoms with Crippen LogP contribution in [0.5, 0.6) is 0 Å².